The lowest BCUT2D eigenvalue weighted by Crippen LogP contribution is -2.34. The van der Waals surface area contributed by atoms with Crippen molar-refractivity contribution in [2.24, 2.45) is 0 Å². The van der Waals surface area contributed by atoms with Crippen LogP contribution in [0.4, 0.5) is 0 Å². The van der Waals surface area contributed by atoms with Crippen LogP contribution in [0.2, 0.25) is 0 Å². The Balaban J connectivity index is 2.34. The molecular formula is C14H14N3O4+. The van der Waals surface area contributed by atoms with Gasteiger partial charge in [-0.1, -0.05) is 0 Å². The molecule has 21 heavy (non-hydrogen) atoms. The summed E-state index contributed by atoms with van der Waals surface area (Å²) in [6.07, 6.45) is 3.20. The van der Waals surface area contributed by atoms with Crippen molar-refractivity contribution in [3.63, 3.8) is 0 Å². The highest BCUT2D eigenvalue weighted by molar-refractivity contribution is 5.88. The summed E-state index contributed by atoms with van der Waals surface area (Å²) < 4.78 is 11.8. The first-order valence-corrected chi connectivity index (χ1v) is 6.42. The minimum atomic E-state index is -0.475. The maximum absolute atomic E-state index is 12.2. The summed E-state index contributed by atoms with van der Waals surface area (Å²) in [4.78, 5) is 29.4. The summed E-state index contributed by atoms with van der Waals surface area (Å²) in [6, 6.07) is 5.24. The lowest BCUT2D eigenvalue weighted by atomic mass is 10.1. The van der Waals surface area contributed by atoms with Crippen molar-refractivity contribution in [3.05, 3.63) is 51.5 Å². The van der Waals surface area contributed by atoms with E-state index >= 15 is 0 Å². The van der Waals surface area contributed by atoms with E-state index in [0.717, 1.165) is 0 Å². The molecule has 0 aliphatic carbocycles. The van der Waals surface area contributed by atoms with E-state index in [4.69, 9.17) is 9.15 Å². The molecule has 0 bridgehead atoms. The van der Waals surface area contributed by atoms with Crippen molar-refractivity contribution in [1.29, 1.82) is 0 Å². The van der Waals surface area contributed by atoms with Gasteiger partial charge in [0.05, 0.1) is 19.1 Å². The zero-order chi connectivity index (χ0) is 14.8. The molecule has 0 saturated heterocycles. The molecule has 0 aliphatic heterocycles. The van der Waals surface area contributed by atoms with Crippen LogP contribution in [0.5, 0.6) is 0 Å². The van der Waals surface area contributed by atoms with Gasteiger partial charge in [0.1, 0.15) is 17.7 Å². The van der Waals surface area contributed by atoms with Crippen LogP contribution in [0.1, 0.15) is 0 Å². The van der Waals surface area contributed by atoms with Gasteiger partial charge in [0, 0.05) is 12.7 Å². The number of nitrogens with one attached hydrogen (secondary N) is 2. The standard InChI is InChI=1S/C14H13N3O4/c1-20-8-6-17-12-11(13(18)16-14(17)19)9(4-5-15-12)10-3-2-7-21-10/h2-5,7H,6,8H2,1H3,(H,16,18,19)/p+1. The minimum Gasteiger partial charge on any atom is -0.464 e. The molecular weight excluding hydrogens is 274 g/mol. The van der Waals surface area contributed by atoms with Crippen LogP contribution < -0.4 is 16.2 Å². The van der Waals surface area contributed by atoms with Gasteiger partial charge in [-0.15, -0.1) is 0 Å². The highest BCUT2D eigenvalue weighted by atomic mass is 16.5. The van der Waals surface area contributed by atoms with E-state index in [0.29, 0.717) is 35.5 Å². The Morgan fingerprint density at radius 2 is 2.24 bits per heavy atom. The fraction of sp³-hybridized carbons (Fsp3) is 0.214. The Labute approximate surface area is 118 Å². The summed E-state index contributed by atoms with van der Waals surface area (Å²) in [5.74, 6) is 0.566. The van der Waals surface area contributed by atoms with Gasteiger partial charge in [-0.2, -0.15) is 4.57 Å². The van der Waals surface area contributed by atoms with E-state index in [1.54, 1.807) is 31.5 Å². The predicted octanol–water partition coefficient (Wildman–Crippen LogP) is 0.410. The number of nitrogens with zero attached hydrogens (tertiary/aromatic N) is 1. The van der Waals surface area contributed by atoms with Gasteiger partial charge in [-0.25, -0.2) is 9.78 Å². The molecule has 108 valence electrons. The van der Waals surface area contributed by atoms with Gasteiger partial charge < -0.3 is 9.15 Å². The predicted molar refractivity (Wildman–Crippen MR) is 75.0 cm³/mol. The van der Waals surface area contributed by atoms with E-state index in [1.165, 1.54) is 10.8 Å². The number of aromatic nitrogens is 3. The third-order valence-corrected chi connectivity index (χ3v) is 3.24. The first-order chi connectivity index (χ1) is 10.2. The molecule has 0 radical (unpaired) electrons. The largest absolute Gasteiger partial charge is 0.464 e. The minimum absolute atomic E-state index is 0.334. The van der Waals surface area contributed by atoms with Crippen LogP contribution in [-0.4, -0.2) is 23.3 Å². The quantitative estimate of drug-likeness (QED) is 0.752. The van der Waals surface area contributed by atoms with Crippen LogP contribution in [0.3, 0.4) is 0 Å². The number of hydrogen-bond donors (Lipinski definition) is 1. The molecule has 0 aliphatic rings. The third-order valence-electron chi connectivity index (χ3n) is 3.24. The summed E-state index contributed by atoms with van der Waals surface area (Å²) in [6.45, 7) is 0.695. The number of furan rings is 1. The van der Waals surface area contributed by atoms with E-state index < -0.39 is 11.2 Å². The van der Waals surface area contributed by atoms with Crippen LogP contribution in [0.15, 0.2) is 44.7 Å². The van der Waals surface area contributed by atoms with Crippen LogP contribution in [0, 0.1) is 0 Å². The number of aromatic amines is 2. The number of pyridine rings is 1. The topological polar surface area (TPSA) is 91.4 Å². The third kappa shape index (κ3) is 2.27. The number of fused-ring (bicyclic) bond motifs is 1. The molecule has 0 amide bonds. The molecule has 3 aromatic heterocycles. The van der Waals surface area contributed by atoms with Crippen molar-refractivity contribution in [2.45, 2.75) is 6.54 Å². The number of ether oxygens (including phenoxy) is 1. The van der Waals surface area contributed by atoms with E-state index in [-0.39, 0.29) is 0 Å². The normalized spacial score (nSPS) is 11.1. The zero-order valence-electron chi connectivity index (χ0n) is 11.4. The highest BCUT2D eigenvalue weighted by Gasteiger charge is 2.19. The van der Waals surface area contributed by atoms with E-state index in [9.17, 15) is 9.59 Å². The first-order valence-electron chi connectivity index (χ1n) is 6.42. The second kappa shape index (κ2) is 5.37. The summed E-state index contributed by atoms with van der Waals surface area (Å²) in [5, 5.41) is 0.378. The summed E-state index contributed by atoms with van der Waals surface area (Å²) in [5.41, 5.74) is 0.139. The molecule has 0 spiro atoms. The zero-order valence-corrected chi connectivity index (χ0v) is 11.4. The lowest BCUT2D eigenvalue weighted by Gasteiger charge is -2.04. The molecule has 0 atom stereocenters. The van der Waals surface area contributed by atoms with E-state index in [1.807, 2.05) is 0 Å². The fourth-order valence-electron chi connectivity index (χ4n) is 2.29. The molecule has 3 heterocycles. The Morgan fingerprint density at radius 3 is 2.95 bits per heavy atom. The number of H-pyrrole nitrogens is 2. The second-order valence-electron chi connectivity index (χ2n) is 4.50. The van der Waals surface area contributed by atoms with Crippen LogP contribution in [0.25, 0.3) is 22.4 Å². The first kappa shape index (κ1) is 13.3. The van der Waals surface area contributed by atoms with Gasteiger partial charge >= 0.3 is 5.69 Å². The Morgan fingerprint density at radius 1 is 1.38 bits per heavy atom. The molecule has 7 nitrogen and oxygen atoms in total. The van der Waals surface area contributed by atoms with Crippen molar-refractivity contribution in [1.82, 2.24) is 9.55 Å². The fourth-order valence-corrected chi connectivity index (χ4v) is 2.29. The molecule has 3 aromatic rings. The van der Waals surface area contributed by atoms with Gasteiger partial charge in [0.25, 0.3) is 11.2 Å². The van der Waals surface area contributed by atoms with Crippen molar-refractivity contribution in [3.8, 4) is 11.3 Å². The van der Waals surface area contributed by atoms with Crippen molar-refractivity contribution in [2.75, 3.05) is 13.7 Å². The SMILES string of the molecule is COCCn1c(=O)[nH]c(=O)c2c(-c3ccco3)cc[nH+]c21. The Hall–Kier alpha value is -2.67. The van der Waals surface area contributed by atoms with Crippen molar-refractivity contribution >= 4 is 11.0 Å². The van der Waals surface area contributed by atoms with Crippen LogP contribution >= 0.6 is 0 Å². The van der Waals surface area contributed by atoms with Gasteiger partial charge in [0.15, 0.2) is 0 Å². The highest BCUT2D eigenvalue weighted by Crippen LogP contribution is 2.23. The molecule has 2 N–H and O–H groups in total. The molecule has 3 rings (SSSR count). The summed E-state index contributed by atoms with van der Waals surface area (Å²) in [7, 11) is 1.55. The van der Waals surface area contributed by atoms with Gasteiger partial charge in [-0.3, -0.25) is 9.78 Å². The van der Waals surface area contributed by atoms with Crippen molar-refractivity contribution < 1.29 is 14.1 Å². The number of rotatable bonds is 4. The lowest BCUT2D eigenvalue weighted by molar-refractivity contribution is -0.349. The van der Waals surface area contributed by atoms with Gasteiger partial charge in [0.2, 0.25) is 0 Å². The number of methoxy groups -OCH3 is 1. The monoisotopic (exact) mass is 288 g/mol. The maximum Gasteiger partial charge on any atom is 0.415 e. The maximum atomic E-state index is 12.2. The van der Waals surface area contributed by atoms with Gasteiger partial charge in [-0.05, 0) is 18.2 Å². The molecule has 7 heteroatoms. The average molecular weight is 288 g/mol. The Bertz CT molecular complexity index is 877. The molecule has 0 fully saturated rings. The smallest absolute Gasteiger partial charge is 0.415 e. The van der Waals surface area contributed by atoms with E-state index in [2.05, 4.69) is 9.97 Å². The molecule has 0 saturated carbocycles. The summed E-state index contributed by atoms with van der Waals surface area (Å²) >= 11 is 0. The van der Waals surface area contributed by atoms with Crippen LogP contribution in [-0.2, 0) is 11.3 Å². The molecule has 0 aromatic carbocycles. The second-order valence-corrected chi connectivity index (χ2v) is 4.50. The average Bonchev–Trinajstić information content (AvgIpc) is 3.00. The molecule has 0 unspecified atom stereocenters. The number of hydrogen-bond acceptors (Lipinski definition) is 4. The Kier molecular flexibility index (Phi) is 3.41.